The summed E-state index contributed by atoms with van der Waals surface area (Å²) in [4.78, 5) is 0.137. The summed E-state index contributed by atoms with van der Waals surface area (Å²) < 4.78 is 0. The van der Waals surface area contributed by atoms with Gasteiger partial charge in [0.15, 0.2) is 0 Å². The van der Waals surface area contributed by atoms with Gasteiger partial charge < -0.3 is 5.73 Å². The number of nitrogens with two attached hydrogens (primary N) is 1. The second-order valence-corrected chi connectivity index (χ2v) is 4.05. The highest BCUT2D eigenvalue weighted by Crippen LogP contribution is 2.33. The van der Waals surface area contributed by atoms with Gasteiger partial charge in [-0.25, -0.2) is 0 Å². The summed E-state index contributed by atoms with van der Waals surface area (Å²) in [7, 11) is 0. The van der Waals surface area contributed by atoms with E-state index in [1.807, 2.05) is 11.8 Å². The molecule has 1 rings (SSSR count). The van der Waals surface area contributed by atoms with Crippen LogP contribution in [0.2, 0.25) is 0 Å². The molecule has 0 saturated heterocycles. The summed E-state index contributed by atoms with van der Waals surface area (Å²) in [6.07, 6.45) is 8.60. The third kappa shape index (κ3) is 1.87. The maximum Gasteiger partial charge on any atom is 0.0617 e. The van der Waals surface area contributed by atoms with E-state index in [2.05, 4.69) is 6.26 Å². The second-order valence-electron chi connectivity index (χ2n) is 2.83. The molecule has 54 valence electrons. The zero-order valence-corrected chi connectivity index (χ0v) is 6.84. The van der Waals surface area contributed by atoms with Crippen LogP contribution in [0, 0.1) is 0 Å². The van der Waals surface area contributed by atoms with E-state index in [1.165, 1.54) is 32.1 Å². The molecule has 0 atom stereocenters. The maximum atomic E-state index is 6.02. The molecule has 0 aliphatic heterocycles. The van der Waals surface area contributed by atoms with Crippen molar-refractivity contribution in [2.45, 2.75) is 37.0 Å². The zero-order chi connectivity index (χ0) is 6.74. The molecule has 9 heavy (non-hydrogen) atoms. The van der Waals surface area contributed by atoms with E-state index in [9.17, 15) is 0 Å². The fraction of sp³-hybridized carbons (Fsp3) is 1.00. The lowest BCUT2D eigenvalue weighted by Gasteiger charge is -2.31. The molecule has 0 radical (unpaired) electrons. The average Bonchev–Trinajstić information content (AvgIpc) is 1.90. The lowest BCUT2D eigenvalue weighted by molar-refractivity contribution is 0.408. The number of rotatable bonds is 1. The van der Waals surface area contributed by atoms with Crippen molar-refractivity contribution in [3.8, 4) is 0 Å². The Kier molecular flexibility index (Phi) is 2.42. The molecular formula is C7H15NS. The van der Waals surface area contributed by atoms with E-state index in [1.54, 1.807) is 0 Å². The van der Waals surface area contributed by atoms with Crippen LogP contribution in [-0.2, 0) is 0 Å². The highest BCUT2D eigenvalue weighted by molar-refractivity contribution is 7.99. The van der Waals surface area contributed by atoms with Crippen molar-refractivity contribution in [2.75, 3.05) is 6.26 Å². The van der Waals surface area contributed by atoms with Crippen molar-refractivity contribution in [3.63, 3.8) is 0 Å². The fourth-order valence-electron chi connectivity index (χ4n) is 1.35. The predicted octanol–water partition coefficient (Wildman–Crippen LogP) is 1.97. The Labute approximate surface area is 61.4 Å². The fourth-order valence-corrected chi connectivity index (χ4v) is 2.05. The lowest BCUT2D eigenvalue weighted by Crippen LogP contribution is -2.37. The summed E-state index contributed by atoms with van der Waals surface area (Å²) in [5.74, 6) is 0. The molecule has 1 nitrogen and oxygen atoms in total. The first-order chi connectivity index (χ1) is 4.27. The molecule has 1 aliphatic carbocycles. The Morgan fingerprint density at radius 2 is 1.78 bits per heavy atom. The van der Waals surface area contributed by atoms with E-state index in [0.29, 0.717) is 0 Å². The van der Waals surface area contributed by atoms with Gasteiger partial charge in [0.05, 0.1) is 4.87 Å². The van der Waals surface area contributed by atoms with E-state index >= 15 is 0 Å². The molecule has 0 bridgehead atoms. The minimum Gasteiger partial charge on any atom is -0.317 e. The second kappa shape index (κ2) is 2.93. The number of thioether (sulfide) groups is 1. The largest absolute Gasteiger partial charge is 0.317 e. The summed E-state index contributed by atoms with van der Waals surface area (Å²) in [6, 6.07) is 0. The van der Waals surface area contributed by atoms with E-state index in [-0.39, 0.29) is 4.87 Å². The summed E-state index contributed by atoms with van der Waals surface area (Å²) in [5.41, 5.74) is 6.02. The van der Waals surface area contributed by atoms with Crippen LogP contribution < -0.4 is 5.73 Å². The Bertz CT molecular complexity index is 86.9. The van der Waals surface area contributed by atoms with E-state index < -0.39 is 0 Å². The first-order valence-corrected chi connectivity index (χ1v) is 4.83. The van der Waals surface area contributed by atoms with Gasteiger partial charge >= 0.3 is 0 Å². The van der Waals surface area contributed by atoms with Gasteiger partial charge in [-0.2, -0.15) is 0 Å². The normalized spacial score (nSPS) is 26.0. The zero-order valence-electron chi connectivity index (χ0n) is 6.02. The standard InChI is InChI=1S/C7H15NS/c1-9-7(8)5-3-2-4-6-7/h2-6,8H2,1H3. The third-order valence-corrected chi connectivity index (χ3v) is 3.33. The SMILES string of the molecule is CSC1(N)CCCCC1. The van der Waals surface area contributed by atoms with Crippen LogP contribution in [0.15, 0.2) is 0 Å². The van der Waals surface area contributed by atoms with Crippen molar-refractivity contribution < 1.29 is 0 Å². The molecule has 2 N–H and O–H groups in total. The first kappa shape index (κ1) is 7.42. The van der Waals surface area contributed by atoms with Crippen molar-refractivity contribution in [2.24, 2.45) is 5.73 Å². The van der Waals surface area contributed by atoms with Crippen LogP contribution in [-0.4, -0.2) is 11.1 Å². The summed E-state index contributed by atoms with van der Waals surface area (Å²) in [5, 5.41) is 0. The van der Waals surface area contributed by atoms with Gasteiger partial charge in [-0.15, -0.1) is 11.8 Å². The van der Waals surface area contributed by atoms with Gasteiger partial charge in [0.2, 0.25) is 0 Å². The molecule has 2 heteroatoms. The third-order valence-electron chi connectivity index (χ3n) is 2.11. The van der Waals surface area contributed by atoms with Crippen LogP contribution in [0.5, 0.6) is 0 Å². The molecule has 0 aromatic rings. The van der Waals surface area contributed by atoms with Crippen molar-refractivity contribution in [1.82, 2.24) is 0 Å². The van der Waals surface area contributed by atoms with E-state index in [4.69, 9.17) is 5.73 Å². The molecule has 0 spiro atoms. The molecule has 0 aromatic heterocycles. The Hall–Kier alpha value is 0.310. The van der Waals surface area contributed by atoms with Crippen LogP contribution in [0.3, 0.4) is 0 Å². The van der Waals surface area contributed by atoms with Crippen LogP contribution in [0.1, 0.15) is 32.1 Å². The molecule has 0 heterocycles. The molecule has 1 saturated carbocycles. The minimum absolute atomic E-state index is 0.137. The van der Waals surface area contributed by atoms with Gasteiger partial charge in [0, 0.05) is 0 Å². The Balaban J connectivity index is 2.37. The summed E-state index contributed by atoms with van der Waals surface area (Å²) >= 11 is 1.83. The highest BCUT2D eigenvalue weighted by atomic mass is 32.2. The maximum absolute atomic E-state index is 6.02. The molecule has 1 aliphatic rings. The first-order valence-electron chi connectivity index (χ1n) is 3.61. The van der Waals surface area contributed by atoms with Gasteiger partial charge in [-0.1, -0.05) is 19.3 Å². The predicted molar refractivity (Wildman–Crippen MR) is 43.5 cm³/mol. The number of hydrogen-bond acceptors (Lipinski definition) is 2. The van der Waals surface area contributed by atoms with Gasteiger partial charge in [0.25, 0.3) is 0 Å². The molecular weight excluding hydrogens is 130 g/mol. The number of hydrogen-bond donors (Lipinski definition) is 1. The highest BCUT2D eigenvalue weighted by Gasteiger charge is 2.25. The van der Waals surface area contributed by atoms with Crippen molar-refractivity contribution in [3.05, 3.63) is 0 Å². The topological polar surface area (TPSA) is 26.0 Å². The molecule has 0 aromatic carbocycles. The van der Waals surface area contributed by atoms with Crippen LogP contribution in [0.25, 0.3) is 0 Å². The van der Waals surface area contributed by atoms with Gasteiger partial charge in [-0.05, 0) is 19.1 Å². The molecule has 0 unspecified atom stereocenters. The van der Waals surface area contributed by atoms with Crippen LogP contribution >= 0.6 is 11.8 Å². The van der Waals surface area contributed by atoms with Gasteiger partial charge in [-0.3, -0.25) is 0 Å². The molecule has 1 fully saturated rings. The van der Waals surface area contributed by atoms with Crippen LogP contribution in [0.4, 0.5) is 0 Å². The monoisotopic (exact) mass is 145 g/mol. The van der Waals surface area contributed by atoms with E-state index in [0.717, 1.165) is 0 Å². The van der Waals surface area contributed by atoms with Crippen molar-refractivity contribution >= 4 is 11.8 Å². The van der Waals surface area contributed by atoms with Crippen molar-refractivity contribution in [1.29, 1.82) is 0 Å². The lowest BCUT2D eigenvalue weighted by atomic mass is 9.96. The Morgan fingerprint density at radius 3 is 2.11 bits per heavy atom. The molecule has 0 amide bonds. The van der Waals surface area contributed by atoms with Gasteiger partial charge in [0.1, 0.15) is 0 Å². The average molecular weight is 145 g/mol. The Morgan fingerprint density at radius 1 is 1.22 bits per heavy atom. The summed E-state index contributed by atoms with van der Waals surface area (Å²) in [6.45, 7) is 0. The quantitative estimate of drug-likeness (QED) is 0.571. The minimum atomic E-state index is 0.137. The smallest absolute Gasteiger partial charge is 0.0617 e.